The van der Waals surface area contributed by atoms with Gasteiger partial charge in [0.25, 0.3) is 5.91 Å². The third-order valence-corrected chi connectivity index (χ3v) is 5.48. The van der Waals surface area contributed by atoms with Crippen molar-refractivity contribution in [2.45, 2.75) is 38.4 Å². The van der Waals surface area contributed by atoms with E-state index in [1.165, 1.54) is 6.07 Å². The van der Waals surface area contributed by atoms with E-state index in [9.17, 15) is 18.0 Å². The van der Waals surface area contributed by atoms with E-state index in [0.29, 0.717) is 31.5 Å². The Morgan fingerprint density at radius 2 is 1.91 bits per heavy atom. The van der Waals surface area contributed by atoms with Gasteiger partial charge in [-0.1, -0.05) is 18.2 Å². The van der Waals surface area contributed by atoms with Crippen LogP contribution in [0.15, 0.2) is 36.4 Å². The Labute approximate surface area is 203 Å². The molecule has 2 aromatic carbocycles. The normalized spacial score (nSPS) is 13.6. The van der Waals surface area contributed by atoms with E-state index in [2.05, 4.69) is 22.0 Å². The van der Waals surface area contributed by atoms with Crippen LogP contribution in [0.3, 0.4) is 0 Å². The lowest BCUT2D eigenvalue weighted by Crippen LogP contribution is -2.32. The molecule has 1 amide bonds. The van der Waals surface area contributed by atoms with Crippen LogP contribution in [0, 0.1) is 0 Å². The summed E-state index contributed by atoms with van der Waals surface area (Å²) >= 11 is 0. The van der Waals surface area contributed by atoms with Crippen LogP contribution in [0.25, 0.3) is 0 Å². The maximum absolute atomic E-state index is 12.7. The molecule has 1 heterocycles. The number of halogens is 3. The standard InChI is InChI=1S/C25H32F3N3O4/c1-17(29-10-12-34-21-5-2-3-6-22(21)35-16-25(26,27)28)13-18-14-19-7-9-30-23(19)20(15-18)24(33)31-8-4-11-32/h2-3,5-6,14-15,17,29-30,32H,4,7-13,16H2,1H3,(H,31,33)/t17-/m1/s1. The van der Waals surface area contributed by atoms with Gasteiger partial charge >= 0.3 is 6.18 Å². The lowest BCUT2D eigenvalue weighted by molar-refractivity contribution is -0.153. The van der Waals surface area contributed by atoms with E-state index in [1.807, 2.05) is 13.0 Å². The summed E-state index contributed by atoms with van der Waals surface area (Å²) in [5.41, 5.74) is 3.63. The zero-order valence-electron chi connectivity index (χ0n) is 19.7. The van der Waals surface area contributed by atoms with Crippen LogP contribution in [-0.4, -0.2) is 62.7 Å². The second-order valence-electron chi connectivity index (χ2n) is 8.45. The molecule has 3 rings (SSSR count). The number of hydrogen-bond donors (Lipinski definition) is 4. The molecule has 0 radical (unpaired) electrons. The van der Waals surface area contributed by atoms with E-state index < -0.39 is 12.8 Å². The lowest BCUT2D eigenvalue weighted by Gasteiger charge is -2.17. The van der Waals surface area contributed by atoms with E-state index in [-0.39, 0.29) is 36.7 Å². The number of fused-ring (bicyclic) bond motifs is 1. The lowest BCUT2D eigenvalue weighted by atomic mass is 9.98. The van der Waals surface area contributed by atoms with Crippen molar-refractivity contribution in [1.82, 2.24) is 10.6 Å². The number of aliphatic hydroxyl groups is 1. The van der Waals surface area contributed by atoms with Crippen LogP contribution >= 0.6 is 0 Å². The number of hydrogen-bond acceptors (Lipinski definition) is 6. The first-order valence-corrected chi connectivity index (χ1v) is 11.7. The minimum Gasteiger partial charge on any atom is -0.488 e. The number of para-hydroxylation sites is 2. The van der Waals surface area contributed by atoms with Crippen molar-refractivity contribution in [3.8, 4) is 11.5 Å². The SMILES string of the molecule is C[C@H](Cc1cc2c(c(C(=O)NCCCO)c1)NCC2)NCCOc1ccccc1OCC(F)(F)F. The van der Waals surface area contributed by atoms with Crippen molar-refractivity contribution < 1.29 is 32.5 Å². The molecule has 0 saturated carbocycles. The molecule has 35 heavy (non-hydrogen) atoms. The molecule has 0 spiro atoms. The van der Waals surface area contributed by atoms with Crippen molar-refractivity contribution in [2.75, 3.05) is 44.8 Å². The Hall–Kier alpha value is -2.98. The van der Waals surface area contributed by atoms with Gasteiger partial charge in [0.2, 0.25) is 0 Å². The predicted molar refractivity (Wildman–Crippen MR) is 127 cm³/mol. The minimum absolute atomic E-state index is 0.0236. The monoisotopic (exact) mass is 495 g/mol. The number of ether oxygens (including phenoxy) is 2. The van der Waals surface area contributed by atoms with E-state index in [4.69, 9.17) is 14.6 Å². The molecular formula is C25H32F3N3O4. The smallest absolute Gasteiger partial charge is 0.422 e. The van der Waals surface area contributed by atoms with Crippen LogP contribution in [0.2, 0.25) is 0 Å². The molecule has 0 aromatic heterocycles. The highest BCUT2D eigenvalue weighted by molar-refractivity contribution is 6.01. The Bertz CT molecular complexity index is 985. The molecule has 2 aromatic rings. The zero-order chi connectivity index (χ0) is 25.3. The zero-order valence-corrected chi connectivity index (χ0v) is 19.7. The highest BCUT2D eigenvalue weighted by Crippen LogP contribution is 2.30. The fourth-order valence-electron chi connectivity index (χ4n) is 3.91. The van der Waals surface area contributed by atoms with E-state index in [1.54, 1.807) is 18.2 Å². The average molecular weight is 496 g/mol. The first kappa shape index (κ1) is 26.6. The quantitative estimate of drug-likeness (QED) is 0.319. The number of aliphatic hydroxyl groups excluding tert-OH is 1. The summed E-state index contributed by atoms with van der Waals surface area (Å²) in [7, 11) is 0. The van der Waals surface area contributed by atoms with Crippen molar-refractivity contribution in [1.29, 1.82) is 0 Å². The van der Waals surface area contributed by atoms with E-state index in [0.717, 1.165) is 29.8 Å². The van der Waals surface area contributed by atoms with Crippen molar-refractivity contribution in [2.24, 2.45) is 0 Å². The molecule has 1 aliphatic rings. The summed E-state index contributed by atoms with van der Waals surface area (Å²) in [5.74, 6) is 0.148. The van der Waals surface area contributed by atoms with Gasteiger partial charge in [-0.05, 0) is 55.5 Å². The van der Waals surface area contributed by atoms with Gasteiger partial charge in [0.15, 0.2) is 18.1 Å². The number of amides is 1. The largest absolute Gasteiger partial charge is 0.488 e. The molecule has 7 nitrogen and oxygen atoms in total. The highest BCUT2D eigenvalue weighted by atomic mass is 19.4. The Morgan fingerprint density at radius 3 is 2.63 bits per heavy atom. The summed E-state index contributed by atoms with van der Waals surface area (Å²) in [6.07, 6.45) is -2.37. The summed E-state index contributed by atoms with van der Waals surface area (Å²) in [5, 5.41) is 18.4. The van der Waals surface area contributed by atoms with Crippen molar-refractivity contribution >= 4 is 11.6 Å². The maximum Gasteiger partial charge on any atom is 0.422 e. The van der Waals surface area contributed by atoms with Crippen LogP contribution in [-0.2, 0) is 12.8 Å². The van der Waals surface area contributed by atoms with Gasteiger partial charge in [-0.25, -0.2) is 0 Å². The average Bonchev–Trinajstić information content (AvgIpc) is 3.29. The molecule has 0 fully saturated rings. The topological polar surface area (TPSA) is 91.9 Å². The molecule has 4 N–H and O–H groups in total. The van der Waals surface area contributed by atoms with Gasteiger partial charge in [0.1, 0.15) is 6.61 Å². The Balaban J connectivity index is 1.51. The van der Waals surface area contributed by atoms with Gasteiger partial charge in [0.05, 0.1) is 11.3 Å². The van der Waals surface area contributed by atoms with Gasteiger partial charge in [-0.2, -0.15) is 13.2 Å². The van der Waals surface area contributed by atoms with Crippen LogP contribution in [0.1, 0.15) is 34.8 Å². The summed E-state index contributed by atoms with van der Waals surface area (Å²) in [4.78, 5) is 12.7. The molecular weight excluding hydrogens is 463 g/mol. The first-order chi connectivity index (χ1) is 16.8. The summed E-state index contributed by atoms with van der Waals surface area (Å²) < 4.78 is 47.8. The molecule has 0 unspecified atom stereocenters. The fraction of sp³-hybridized carbons (Fsp3) is 0.480. The number of nitrogens with one attached hydrogen (secondary N) is 3. The van der Waals surface area contributed by atoms with Crippen LogP contribution in [0.4, 0.5) is 18.9 Å². The van der Waals surface area contributed by atoms with Crippen molar-refractivity contribution in [3.63, 3.8) is 0 Å². The number of benzene rings is 2. The molecule has 10 heteroatoms. The van der Waals surface area contributed by atoms with Gasteiger partial charge < -0.3 is 30.5 Å². The third-order valence-electron chi connectivity index (χ3n) is 5.48. The summed E-state index contributed by atoms with van der Waals surface area (Å²) in [6.45, 7) is 2.60. The molecule has 0 saturated heterocycles. The number of carbonyl (C=O) groups is 1. The van der Waals surface area contributed by atoms with Crippen molar-refractivity contribution in [3.05, 3.63) is 53.1 Å². The maximum atomic E-state index is 12.7. The second kappa shape index (κ2) is 12.6. The molecule has 0 bridgehead atoms. The fourth-order valence-corrected chi connectivity index (χ4v) is 3.91. The van der Waals surface area contributed by atoms with Crippen LogP contribution < -0.4 is 25.4 Å². The van der Waals surface area contributed by atoms with Gasteiger partial charge in [-0.3, -0.25) is 4.79 Å². The number of alkyl halides is 3. The Kier molecular flexibility index (Phi) is 9.62. The predicted octanol–water partition coefficient (Wildman–Crippen LogP) is 3.31. The number of carbonyl (C=O) groups excluding carboxylic acids is 1. The molecule has 1 atom stereocenters. The third kappa shape index (κ3) is 8.32. The first-order valence-electron chi connectivity index (χ1n) is 11.7. The number of rotatable bonds is 13. The highest BCUT2D eigenvalue weighted by Gasteiger charge is 2.29. The van der Waals surface area contributed by atoms with Crippen LogP contribution in [0.5, 0.6) is 11.5 Å². The second-order valence-corrected chi connectivity index (χ2v) is 8.45. The Morgan fingerprint density at radius 1 is 1.17 bits per heavy atom. The number of anilines is 1. The van der Waals surface area contributed by atoms with Gasteiger partial charge in [-0.15, -0.1) is 0 Å². The van der Waals surface area contributed by atoms with E-state index >= 15 is 0 Å². The van der Waals surface area contributed by atoms with Gasteiger partial charge in [0, 0.05) is 32.3 Å². The minimum atomic E-state index is -4.42. The summed E-state index contributed by atoms with van der Waals surface area (Å²) in [6, 6.07) is 10.4. The molecule has 1 aliphatic heterocycles. The molecule has 0 aliphatic carbocycles. The molecule has 192 valence electrons.